The molecule has 2 atom stereocenters. The summed E-state index contributed by atoms with van der Waals surface area (Å²) in [6, 6.07) is 23.8. The summed E-state index contributed by atoms with van der Waals surface area (Å²) < 4.78 is 1.54. The van der Waals surface area contributed by atoms with Crippen LogP contribution in [0.1, 0.15) is 66.9 Å². The van der Waals surface area contributed by atoms with E-state index in [0.29, 0.717) is 24.0 Å². The quantitative estimate of drug-likeness (QED) is 0.260. The number of carbonyl (C=O) groups excluding carboxylic acids is 1. The second-order valence-corrected chi connectivity index (χ2v) is 9.84. The predicted octanol–water partition coefficient (Wildman–Crippen LogP) is 5.96. The number of hydrogen-bond donors (Lipinski definition) is 2. The highest BCUT2D eigenvalue weighted by atomic mass is 16.4. The number of carboxylic acid groups (broad SMARTS) is 1. The Balaban J connectivity index is 1.66. The van der Waals surface area contributed by atoms with E-state index < -0.39 is 18.1 Å². The summed E-state index contributed by atoms with van der Waals surface area (Å²) in [5, 5.41) is 14.7. The fourth-order valence-electron chi connectivity index (χ4n) is 4.92. The molecule has 1 heterocycles. The Morgan fingerprint density at radius 3 is 2.37 bits per heavy atom. The number of carboxylic acids is 1. The van der Waals surface area contributed by atoms with Gasteiger partial charge in [-0.2, -0.15) is 0 Å². The molecule has 0 fully saturated rings. The van der Waals surface area contributed by atoms with Gasteiger partial charge in [0.25, 0.3) is 5.56 Å². The standard InChI is InChI=1S/C32H34N2O4/c1-3-4-14-29(31(37)33-28(20-30(35)36)25-11-6-5-7-12-25)34-21-22(2)17-27(32(34)38)19-23-15-16-24-10-8-9-13-26(24)18-23/h5-13,15-18,21,28-29H,3-4,14,19-20H2,1-2H3,(H,33,37)(H,35,36)/t28-,29?/m0/s1. The number of aromatic nitrogens is 1. The largest absolute Gasteiger partial charge is 0.481 e. The summed E-state index contributed by atoms with van der Waals surface area (Å²) >= 11 is 0. The number of nitrogens with one attached hydrogen (secondary N) is 1. The minimum atomic E-state index is -1.00. The van der Waals surface area contributed by atoms with E-state index in [0.717, 1.165) is 34.7 Å². The van der Waals surface area contributed by atoms with E-state index in [1.165, 1.54) is 0 Å². The maximum Gasteiger partial charge on any atom is 0.305 e. The van der Waals surface area contributed by atoms with Crippen LogP contribution in [0.25, 0.3) is 10.8 Å². The zero-order valence-electron chi connectivity index (χ0n) is 21.9. The van der Waals surface area contributed by atoms with Crippen LogP contribution in [0.2, 0.25) is 0 Å². The lowest BCUT2D eigenvalue weighted by Gasteiger charge is -2.24. The third-order valence-electron chi connectivity index (χ3n) is 6.83. The maximum absolute atomic E-state index is 13.7. The lowest BCUT2D eigenvalue weighted by Crippen LogP contribution is -2.40. The molecule has 0 saturated heterocycles. The summed E-state index contributed by atoms with van der Waals surface area (Å²) in [5.41, 5.74) is 3.05. The maximum atomic E-state index is 13.7. The molecule has 1 amide bonds. The summed E-state index contributed by atoms with van der Waals surface area (Å²) in [5.74, 6) is -1.35. The summed E-state index contributed by atoms with van der Waals surface area (Å²) in [7, 11) is 0. The van der Waals surface area contributed by atoms with Crippen molar-refractivity contribution >= 4 is 22.6 Å². The van der Waals surface area contributed by atoms with Crippen LogP contribution in [-0.2, 0) is 16.0 Å². The molecule has 0 saturated carbocycles. The number of rotatable bonds is 11. The van der Waals surface area contributed by atoms with Crippen LogP contribution in [0.4, 0.5) is 0 Å². The van der Waals surface area contributed by atoms with Gasteiger partial charge in [-0.25, -0.2) is 0 Å². The van der Waals surface area contributed by atoms with E-state index in [1.807, 2.05) is 56.3 Å². The molecule has 6 nitrogen and oxygen atoms in total. The molecule has 4 aromatic rings. The zero-order valence-corrected chi connectivity index (χ0v) is 21.9. The highest BCUT2D eigenvalue weighted by Gasteiger charge is 2.26. The molecule has 6 heteroatoms. The Labute approximate surface area is 222 Å². The number of aryl methyl sites for hydroxylation is 1. The number of benzene rings is 3. The van der Waals surface area contributed by atoms with Gasteiger partial charge in [-0.15, -0.1) is 0 Å². The van der Waals surface area contributed by atoms with Gasteiger partial charge in [0.1, 0.15) is 6.04 Å². The molecule has 0 aliphatic carbocycles. The molecule has 0 aliphatic rings. The lowest BCUT2D eigenvalue weighted by molar-refractivity contribution is -0.137. The second kappa shape index (κ2) is 12.4. The molecule has 1 aromatic heterocycles. The van der Waals surface area contributed by atoms with E-state index in [1.54, 1.807) is 22.9 Å². The third kappa shape index (κ3) is 6.57. The molecule has 196 valence electrons. The fraction of sp³-hybridized carbons (Fsp3) is 0.281. The minimum Gasteiger partial charge on any atom is -0.481 e. The number of fused-ring (bicyclic) bond motifs is 1. The van der Waals surface area contributed by atoms with Crippen molar-refractivity contribution in [3.63, 3.8) is 0 Å². The van der Waals surface area contributed by atoms with Gasteiger partial charge in [-0.05, 0) is 46.9 Å². The second-order valence-electron chi connectivity index (χ2n) is 9.84. The van der Waals surface area contributed by atoms with E-state index >= 15 is 0 Å². The van der Waals surface area contributed by atoms with Crippen molar-refractivity contribution in [1.29, 1.82) is 0 Å². The number of hydrogen-bond acceptors (Lipinski definition) is 3. The Morgan fingerprint density at radius 1 is 0.947 bits per heavy atom. The first-order valence-corrected chi connectivity index (χ1v) is 13.1. The Morgan fingerprint density at radius 2 is 1.66 bits per heavy atom. The average Bonchev–Trinajstić information content (AvgIpc) is 2.91. The normalized spacial score (nSPS) is 12.7. The number of carbonyl (C=O) groups is 2. The Bertz CT molecular complexity index is 1480. The summed E-state index contributed by atoms with van der Waals surface area (Å²) in [6.45, 7) is 3.96. The van der Waals surface area contributed by atoms with E-state index in [-0.39, 0.29) is 17.9 Å². The topological polar surface area (TPSA) is 88.4 Å². The van der Waals surface area contributed by atoms with Crippen molar-refractivity contribution in [1.82, 2.24) is 9.88 Å². The molecule has 4 rings (SSSR count). The van der Waals surface area contributed by atoms with Crippen LogP contribution in [0.3, 0.4) is 0 Å². The first-order chi connectivity index (χ1) is 18.4. The molecule has 0 spiro atoms. The smallest absolute Gasteiger partial charge is 0.305 e. The van der Waals surface area contributed by atoms with Crippen molar-refractivity contribution in [2.75, 3.05) is 0 Å². The monoisotopic (exact) mass is 510 g/mol. The summed E-state index contributed by atoms with van der Waals surface area (Å²) in [6.07, 6.45) is 4.06. The van der Waals surface area contributed by atoms with Gasteiger partial charge < -0.3 is 15.0 Å². The number of pyridine rings is 1. The van der Waals surface area contributed by atoms with Crippen LogP contribution in [0.15, 0.2) is 89.9 Å². The van der Waals surface area contributed by atoms with E-state index in [4.69, 9.17) is 0 Å². The number of unbranched alkanes of at least 4 members (excludes halogenated alkanes) is 1. The Kier molecular flexibility index (Phi) is 8.74. The predicted molar refractivity (Wildman–Crippen MR) is 150 cm³/mol. The highest BCUT2D eigenvalue weighted by Crippen LogP contribution is 2.22. The molecule has 0 bridgehead atoms. The van der Waals surface area contributed by atoms with Crippen molar-refractivity contribution in [2.45, 2.75) is 58.0 Å². The van der Waals surface area contributed by atoms with Gasteiger partial charge in [-0.3, -0.25) is 14.4 Å². The van der Waals surface area contributed by atoms with Crippen LogP contribution in [-0.4, -0.2) is 21.6 Å². The third-order valence-corrected chi connectivity index (χ3v) is 6.83. The minimum absolute atomic E-state index is 0.200. The van der Waals surface area contributed by atoms with Crippen molar-refractivity contribution < 1.29 is 14.7 Å². The van der Waals surface area contributed by atoms with Gasteiger partial charge in [0.15, 0.2) is 0 Å². The molecule has 0 aliphatic heterocycles. The van der Waals surface area contributed by atoms with Gasteiger partial charge in [0.2, 0.25) is 5.91 Å². The zero-order chi connectivity index (χ0) is 27.1. The number of amides is 1. The van der Waals surface area contributed by atoms with E-state index in [9.17, 15) is 19.5 Å². The lowest BCUT2D eigenvalue weighted by atomic mass is 10.00. The summed E-state index contributed by atoms with van der Waals surface area (Å²) in [4.78, 5) is 38.9. The molecule has 2 N–H and O–H groups in total. The Hall–Kier alpha value is -4.19. The average molecular weight is 511 g/mol. The van der Waals surface area contributed by atoms with Gasteiger partial charge >= 0.3 is 5.97 Å². The van der Waals surface area contributed by atoms with Crippen molar-refractivity contribution in [3.8, 4) is 0 Å². The SMILES string of the molecule is CCCCC(C(=O)N[C@@H](CC(=O)O)c1ccccc1)n1cc(C)cc(Cc2ccc3ccccc3c2)c1=O. The van der Waals surface area contributed by atoms with Crippen LogP contribution in [0.5, 0.6) is 0 Å². The first-order valence-electron chi connectivity index (χ1n) is 13.1. The fourth-order valence-corrected chi connectivity index (χ4v) is 4.92. The first kappa shape index (κ1) is 26.9. The van der Waals surface area contributed by atoms with Gasteiger partial charge in [-0.1, -0.05) is 92.6 Å². The van der Waals surface area contributed by atoms with Crippen LogP contribution >= 0.6 is 0 Å². The van der Waals surface area contributed by atoms with Gasteiger partial charge in [0.05, 0.1) is 12.5 Å². The molecular formula is C32H34N2O4. The molecule has 0 radical (unpaired) electrons. The molecule has 3 aromatic carbocycles. The van der Waals surface area contributed by atoms with Gasteiger partial charge in [0, 0.05) is 18.2 Å². The van der Waals surface area contributed by atoms with E-state index in [2.05, 4.69) is 29.6 Å². The van der Waals surface area contributed by atoms with Crippen molar-refractivity contribution in [2.24, 2.45) is 0 Å². The van der Waals surface area contributed by atoms with Crippen LogP contribution in [0, 0.1) is 6.92 Å². The number of nitrogens with zero attached hydrogens (tertiary/aromatic N) is 1. The molecule has 38 heavy (non-hydrogen) atoms. The van der Waals surface area contributed by atoms with Crippen molar-refractivity contribution in [3.05, 3.63) is 118 Å². The highest BCUT2D eigenvalue weighted by molar-refractivity contribution is 5.83. The number of aliphatic carboxylic acids is 1. The molecular weight excluding hydrogens is 476 g/mol. The van der Waals surface area contributed by atoms with Crippen LogP contribution < -0.4 is 10.9 Å². The molecule has 1 unspecified atom stereocenters.